The number of carbonyl (C=O) groups is 1. The number of aromatic nitrogens is 3. The minimum atomic E-state index is -0.204. The number of anilines is 1. The van der Waals surface area contributed by atoms with E-state index in [-0.39, 0.29) is 5.91 Å². The van der Waals surface area contributed by atoms with Gasteiger partial charge in [-0.25, -0.2) is 9.97 Å². The molecule has 31 heavy (non-hydrogen) atoms. The normalized spacial score (nSPS) is 11.4. The SMILES string of the molecule is Cc1cc(Cl)cc2sc(N(CCCn3ccnc3)C(=O)c3cc4ccccc4o3)nc12. The number of aryl methyl sites for hydroxylation is 2. The number of hydrogen-bond donors (Lipinski definition) is 0. The molecule has 0 radical (unpaired) electrons. The van der Waals surface area contributed by atoms with Gasteiger partial charge in [0.25, 0.3) is 5.91 Å². The topological polar surface area (TPSA) is 64.2 Å². The Kier molecular flexibility index (Phi) is 5.21. The Balaban J connectivity index is 1.50. The van der Waals surface area contributed by atoms with Crippen LogP contribution in [-0.4, -0.2) is 27.0 Å². The van der Waals surface area contributed by atoms with Crippen LogP contribution < -0.4 is 4.90 Å². The van der Waals surface area contributed by atoms with Crippen LogP contribution in [0.15, 0.2) is 65.6 Å². The number of halogens is 1. The molecule has 0 saturated heterocycles. The fourth-order valence-electron chi connectivity index (χ4n) is 3.59. The number of amides is 1. The number of benzene rings is 2. The molecule has 0 bridgehead atoms. The van der Waals surface area contributed by atoms with E-state index in [1.54, 1.807) is 23.5 Å². The molecule has 156 valence electrons. The number of fused-ring (bicyclic) bond motifs is 2. The third kappa shape index (κ3) is 3.94. The van der Waals surface area contributed by atoms with Crippen LogP contribution in [0, 0.1) is 6.92 Å². The van der Waals surface area contributed by atoms with Crippen molar-refractivity contribution in [3.8, 4) is 0 Å². The molecule has 0 spiro atoms. The molecule has 5 aromatic rings. The van der Waals surface area contributed by atoms with Crippen molar-refractivity contribution in [2.24, 2.45) is 0 Å². The molecule has 0 aliphatic carbocycles. The highest BCUT2D eigenvalue weighted by atomic mass is 35.5. The smallest absolute Gasteiger partial charge is 0.295 e. The van der Waals surface area contributed by atoms with Crippen molar-refractivity contribution in [1.82, 2.24) is 14.5 Å². The monoisotopic (exact) mass is 450 g/mol. The van der Waals surface area contributed by atoms with Gasteiger partial charge in [-0.05, 0) is 43.2 Å². The van der Waals surface area contributed by atoms with Gasteiger partial charge < -0.3 is 8.98 Å². The molecule has 5 rings (SSSR count). The maximum absolute atomic E-state index is 13.5. The summed E-state index contributed by atoms with van der Waals surface area (Å²) in [4.78, 5) is 24.0. The van der Waals surface area contributed by atoms with E-state index in [2.05, 4.69) is 4.98 Å². The number of para-hydroxylation sites is 1. The summed E-state index contributed by atoms with van der Waals surface area (Å²) in [6.07, 6.45) is 6.18. The van der Waals surface area contributed by atoms with Crippen molar-refractivity contribution in [1.29, 1.82) is 0 Å². The van der Waals surface area contributed by atoms with Gasteiger partial charge >= 0.3 is 0 Å². The van der Waals surface area contributed by atoms with Gasteiger partial charge in [-0.3, -0.25) is 9.69 Å². The molecule has 0 N–H and O–H groups in total. The predicted molar refractivity (Wildman–Crippen MR) is 124 cm³/mol. The Morgan fingerprint density at radius 2 is 2.13 bits per heavy atom. The molecule has 2 aromatic carbocycles. The Hall–Kier alpha value is -3.16. The van der Waals surface area contributed by atoms with Crippen molar-refractivity contribution in [3.63, 3.8) is 0 Å². The van der Waals surface area contributed by atoms with Gasteiger partial charge in [0.05, 0.1) is 16.5 Å². The molecule has 3 heterocycles. The van der Waals surface area contributed by atoms with Crippen molar-refractivity contribution < 1.29 is 9.21 Å². The van der Waals surface area contributed by atoms with E-state index in [0.29, 0.717) is 28.0 Å². The molecule has 8 heteroatoms. The Bertz CT molecular complexity index is 1340. The molecule has 0 unspecified atom stereocenters. The Morgan fingerprint density at radius 3 is 2.94 bits per heavy atom. The summed E-state index contributed by atoms with van der Waals surface area (Å²) < 4.78 is 8.80. The number of thiazole rings is 1. The lowest BCUT2D eigenvalue weighted by molar-refractivity contribution is 0.0961. The van der Waals surface area contributed by atoms with Crippen LogP contribution in [0.1, 0.15) is 22.5 Å². The van der Waals surface area contributed by atoms with Crippen molar-refractivity contribution in [2.45, 2.75) is 19.9 Å². The summed E-state index contributed by atoms with van der Waals surface area (Å²) in [5.74, 6) is 0.0995. The fourth-order valence-corrected chi connectivity index (χ4v) is 5.04. The maximum Gasteiger partial charge on any atom is 0.295 e. The van der Waals surface area contributed by atoms with E-state index in [1.807, 2.05) is 54.1 Å². The van der Waals surface area contributed by atoms with Crippen molar-refractivity contribution >= 4 is 55.2 Å². The first-order valence-corrected chi connectivity index (χ1v) is 11.1. The van der Waals surface area contributed by atoms with Crippen LogP contribution in [0.2, 0.25) is 5.02 Å². The van der Waals surface area contributed by atoms with E-state index in [9.17, 15) is 4.79 Å². The minimum Gasteiger partial charge on any atom is -0.451 e. The van der Waals surface area contributed by atoms with Gasteiger partial charge in [0, 0.05) is 35.9 Å². The van der Waals surface area contributed by atoms with Gasteiger partial charge in [-0.2, -0.15) is 0 Å². The van der Waals surface area contributed by atoms with E-state index < -0.39 is 0 Å². The van der Waals surface area contributed by atoms with Crippen LogP contribution in [0.25, 0.3) is 21.2 Å². The first kappa shape index (κ1) is 19.8. The standard InChI is InChI=1S/C23H19ClN4O2S/c1-15-11-17(24)13-20-21(15)26-23(31-20)28(9-4-8-27-10-7-25-14-27)22(29)19-12-16-5-2-3-6-18(16)30-19/h2-3,5-7,10-14H,4,8-9H2,1H3. The van der Waals surface area contributed by atoms with E-state index in [0.717, 1.165) is 34.1 Å². The van der Waals surface area contributed by atoms with Crippen molar-refractivity contribution in [3.05, 3.63) is 77.5 Å². The van der Waals surface area contributed by atoms with Gasteiger partial charge in [0.15, 0.2) is 10.9 Å². The van der Waals surface area contributed by atoms with Crippen LogP contribution in [-0.2, 0) is 6.54 Å². The van der Waals surface area contributed by atoms with Crippen LogP contribution in [0.3, 0.4) is 0 Å². The molecule has 3 aromatic heterocycles. The van der Waals surface area contributed by atoms with Gasteiger partial charge in [0.1, 0.15) is 5.58 Å². The molecule has 1 amide bonds. The lowest BCUT2D eigenvalue weighted by Crippen LogP contribution is -2.32. The summed E-state index contributed by atoms with van der Waals surface area (Å²) in [5.41, 5.74) is 2.54. The summed E-state index contributed by atoms with van der Waals surface area (Å²) in [6.45, 7) is 3.22. The molecule has 0 saturated carbocycles. The summed E-state index contributed by atoms with van der Waals surface area (Å²) in [5, 5.41) is 2.20. The zero-order valence-corrected chi connectivity index (χ0v) is 18.4. The number of hydrogen-bond acceptors (Lipinski definition) is 5. The second-order valence-corrected chi connectivity index (χ2v) is 8.77. The van der Waals surface area contributed by atoms with Gasteiger partial charge in [-0.1, -0.05) is 41.1 Å². The second-order valence-electron chi connectivity index (χ2n) is 7.33. The van der Waals surface area contributed by atoms with E-state index in [1.165, 1.54) is 11.3 Å². The third-order valence-electron chi connectivity index (χ3n) is 5.11. The quantitative estimate of drug-likeness (QED) is 0.321. The summed E-state index contributed by atoms with van der Waals surface area (Å²) >= 11 is 7.69. The Morgan fingerprint density at radius 1 is 1.26 bits per heavy atom. The highest BCUT2D eigenvalue weighted by molar-refractivity contribution is 7.22. The van der Waals surface area contributed by atoms with Gasteiger partial charge in [0.2, 0.25) is 0 Å². The van der Waals surface area contributed by atoms with Gasteiger partial charge in [-0.15, -0.1) is 0 Å². The number of furan rings is 1. The molecular weight excluding hydrogens is 432 g/mol. The molecule has 0 fully saturated rings. The van der Waals surface area contributed by atoms with Crippen molar-refractivity contribution in [2.75, 3.05) is 11.4 Å². The number of nitrogens with zero attached hydrogens (tertiary/aromatic N) is 4. The molecular formula is C23H19ClN4O2S. The van der Waals surface area contributed by atoms with E-state index in [4.69, 9.17) is 21.0 Å². The number of imidazole rings is 1. The lowest BCUT2D eigenvalue weighted by Gasteiger charge is -2.18. The summed E-state index contributed by atoms with van der Waals surface area (Å²) in [6, 6.07) is 13.2. The first-order chi connectivity index (χ1) is 15.1. The zero-order chi connectivity index (χ0) is 21.4. The molecule has 6 nitrogen and oxygen atoms in total. The first-order valence-electron chi connectivity index (χ1n) is 9.91. The fraction of sp³-hybridized carbons (Fsp3) is 0.174. The maximum atomic E-state index is 13.5. The molecule has 0 atom stereocenters. The minimum absolute atomic E-state index is 0.204. The lowest BCUT2D eigenvalue weighted by atomic mass is 10.2. The average molecular weight is 451 g/mol. The van der Waals surface area contributed by atoms with E-state index >= 15 is 0 Å². The highest BCUT2D eigenvalue weighted by Crippen LogP contribution is 2.34. The zero-order valence-electron chi connectivity index (χ0n) is 16.8. The largest absolute Gasteiger partial charge is 0.451 e. The number of carbonyl (C=O) groups excluding carboxylic acids is 1. The Labute approximate surface area is 187 Å². The average Bonchev–Trinajstić information content (AvgIpc) is 3.49. The third-order valence-corrected chi connectivity index (χ3v) is 6.35. The predicted octanol–water partition coefficient (Wildman–Crippen LogP) is 5.94. The van der Waals surface area contributed by atoms with Crippen LogP contribution in [0.5, 0.6) is 0 Å². The van der Waals surface area contributed by atoms with Crippen LogP contribution >= 0.6 is 22.9 Å². The number of rotatable bonds is 6. The molecule has 0 aliphatic rings. The second kappa shape index (κ2) is 8.17. The highest BCUT2D eigenvalue weighted by Gasteiger charge is 2.24. The van der Waals surface area contributed by atoms with Crippen LogP contribution in [0.4, 0.5) is 5.13 Å². The summed E-state index contributed by atoms with van der Waals surface area (Å²) in [7, 11) is 0. The molecule has 0 aliphatic heterocycles.